The quantitative estimate of drug-likeness (QED) is 0.869. The van der Waals surface area contributed by atoms with Gasteiger partial charge in [0.15, 0.2) is 0 Å². The first-order valence-electron chi connectivity index (χ1n) is 7.99. The van der Waals surface area contributed by atoms with E-state index in [9.17, 15) is 13.6 Å². The lowest BCUT2D eigenvalue weighted by Gasteiger charge is -2.13. The summed E-state index contributed by atoms with van der Waals surface area (Å²) in [4.78, 5) is 20.5. The van der Waals surface area contributed by atoms with Crippen molar-refractivity contribution in [3.8, 4) is 0 Å². The molecule has 1 aromatic heterocycles. The van der Waals surface area contributed by atoms with Crippen LogP contribution in [0.15, 0.2) is 24.3 Å². The molecule has 0 saturated carbocycles. The van der Waals surface area contributed by atoms with Gasteiger partial charge >= 0.3 is 0 Å². The zero-order valence-corrected chi connectivity index (χ0v) is 13.7. The minimum atomic E-state index is -0.851. The van der Waals surface area contributed by atoms with Crippen LogP contribution in [0.4, 0.5) is 20.3 Å². The third-order valence-corrected chi connectivity index (χ3v) is 3.81. The molecule has 0 spiro atoms. The van der Waals surface area contributed by atoms with E-state index in [0.29, 0.717) is 18.2 Å². The summed E-state index contributed by atoms with van der Waals surface area (Å²) in [7, 11) is 0. The Morgan fingerprint density at radius 3 is 2.76 bits per heavy atom. The summed E-state index contributed by atoms with van der Waals surface area (Å²) in [5, 5.41) is 5.32. The van der Waals surface area contributed by atoms with E-state index in [0.717, 1.165) is 31.6 Å². The Morgan fingerprint density at radius 2 is 2.08 bits per heavy atom. The van der Waals surface area contributed by atoms with Crippen LogP contribution in [0.25, 0.3) is 0 Å². The molecule has 6 nitrogen and oxygen atoms in total. The number of aryl methyl sites for hydroxylation is 1. The van der Waals surface area contributed by atoms with Crippen LogP contribution in [0, 0.1) is 18.6 Å². The highest BCUT2D eigenvalue weighted by atomic mass is 19.1. The molecular formula is C17H18F2N4O2. The Bertz CT molecular complexity index is 759. The maximum Gasteiger partial charge on any atom is 0.274 e. The van der Waals surface area contributed by atoms with Crippen molar-refractivity contribution in [3.63, 3.8) is 0 Å². The highest BCUT2D eigenvalue weighted by Gasteiger charge is 2.18. The molecule has 1 fully saturated rings. The predicted octanol–water partition coefficient (Wildman–Crippen LogP) is 2.91. The maximum absolute atomic E-state index is 13.7. The first kappa shape index (κ1) is 17.2. The summed E-state index contributed by atoms with van der Waals surface area (Å²) in [6.07, 6.45) is 2.11. The molecule has 132 valence electrons. The number of rotatable bonds is 5. The van der Waals surface area contributed by atoms with E-state index in [1.165, 1.54) is 12.1 Å². The van der Waals surface area contributed by atoms with Crippen molar-refractivity contribution in [2.24, 2.45) is 0 Å². The zero-order valence-electron chi connectivity index (χ0n) is 13.7. The lowest BCUT2D eigenvalue weighted by atomic mass is 10.2. The average Bonchev–Trinajstić information content (AvgIpc) is 3.09. The molecule has 1 saturated heterocycles. The largest absolute Gasteiger partial charge is 0.376 e. The summed E-state index contributed by atoms with van der Waals surface area (Å²) in [5.74, 6) is -1.58. The van der Waals surface area contributed by atoms with Gasteiger partial charge in [-0.2, -0.15) is 0 Å². The third-order valence-electron chi connectivity index (χ3n) is 3.81. The van der Waals surface area contributed by atoms with Gasteiger partial charge in [0.1, 0.15) is 34.7 Å². The van der Waals surface area contributed by atoms with Crippen LogP contribution in [0.5, 0.6) is 0 Å². The topological polar surface area (TPSA) is 76.1 Å². The van der Waals surface area contributed by atoms with Crippen LogP contribution in [0.3, 0.4) is 0 Å². The van der Waals surface area contributed by atoms with Crippen molar-refractivity contribution in [1.82, 2.24) is 9.97 Å². The Hall–Kier alpha value is -2.61. The van der Waals surface area contributed by atoms with Gasteiger partial charge in [-0.15, -0.1) is 0 Å². The molecule has 25 heavy (non-hydrogen) atoms. The molecule has 0 aliphatic carbocycles. The van der Waals surface area contributed by atoms with E-state index in [2.05, 4.69) is 20.6 Å². The number of aromatic nitrogens is 2. The third kappa shape index (κ3) is 4.27. The van der Waals surface area contributed by atoms with Gasteiger partial charge in [-0.1, -0.05) is 6.07 Å². The Morgan fingerprint density at radius 1 is 1.32 bits per heavy atom. The number of hydrogen-bond acceptors (Lipinski definition) is 5. The van der Waals surface area contributed by atoms with E-state index >= 15 is 0 Å². The fraction of sp³-hybridized carbons (Fsp3) is 0.353. The molecule has 1 amide bonds. The fourth-order valence-electron chi connectivity index (χ4n) is 2.59. The number of benzene rings is 1. The van der Waals surface area contributed by atoms with Crippen molar-refractivity contribution in [2.75, 3.05) is 23.8 Å². The Kier molecular flexibility index (Phi) is 5.18. The molecule has 8 heteroatoms. The summed E-state index contributed by atoms with van der Waals surface area (Å²) in [6.45, 7) is 2.95. The molecule has 1 aromatic carbocycles. The molecule has 1 aliphatic rings. The summed E-state index contributed by atoms with van der Waals surface area (Å²) < 4.78 is 32.8. The smallest absolute Gasteiger partial charge is 0.274 e. The molecule has 3 rings (SSSR count). The molecule has 2 aromatic rings. The standard InChI is InChI=1S/C17H18F2N4O2/c1-10-21-14(8-15(22-10)20-9-11-4-3-7-25-11)17(24)23-16-12(18)5-2-6-13(16)19/h2,5-6,8,11H,3-4,7,9H2,1H3,(H,23,24)(H,20,21,22). The van der Waals surface area contributed by atoms with Gasteiger partial charge in [-0.25, -0.2) is 18.7 Å². The maximum atomic E-state index is 13.7. The minimum Gasteiger partial charge on any atom is -0.376 e. The number of anilines is 2. The predicted molar refractivity (Wildman–Crippen MR) is 88.5 cm³/mol. The molecule has 1 unspecified atom stereocenters. The van der Waals surface area contributed by atoms with Gasteiger partial charge in [0.2, 0.25) is 0 Å². The van der Waals surface area contributed by atoms with Gasteiger partial charge in [0.05, 0.1) is 6.10 Å². The van der Waals surface area contributed by atoms with Gasteiger partial charge in [-0.05, 0) is 31.9 Å². The van der Waals surface area contributed by atoms with Crippen LogP contribution in [0.2, 0.25) is 0 Å². The summed E-state index contributed by atoms with van der Waals surface area (Å²) in [5.41, 5.74) is -0.484. The molecule has 2 N–H and O–H groups in total. The second-order valence-corrected chi connectivity index (χ2v) is 5.75. The number of carbonyl (C=O) groups excluding carboxylic acids is 1. The molecule has 1 atom stereocenters. The van der Waals surface area contributed by atoms with E-state index in [1.807, 2.05) is 0 Å². The van der Waals surface area contributed by atoms with E-state index in [4.69, 9.17) is 4.74 Å². The first-order valence-corrected chi connectivity index (χ1v) is 7.99. The molecule has 0 bridgehead atoms. The lowest BCUT2D eigenvalue weighted by molar-refractivity contribution is 0.102. The molecule has 0 radical (unpaired) electrons. The van der Waals surface area contributed by atoms with Gasteiger partial charge < -0.3 is 15.4 Å². The lowest BCUT2D eigenvalue weighted by Crippen LogP contribution is -2.21. The van der Waals surface area contributed by atoms with E-state index in [-0.39, 0.29) is 11.8 Å². The van der Waals surface area contributed by atoms with Crippen molar-refractivity contribution in [1.29, 1.82) is 0 Å². The van der Waals surface area contributed by atoms with Gasteiger partial charge in [0, 0.05) is 19.2 Å². The van der Waals surface area contributed by atoms with Crippen LogP contribution in [-0.4, -0.2) is 35.1 Å². The Labute approximate surface area is 143 Å². The molecule has 1 aliphatic heterocycles. The van der Waals surface area contributed by atoms with E-state index in [1.54, 1.807) is 6.92 Å². The van der Waals surface area contributed by atoms with Crippen molar-refractivity contribution in [3.05, 3.63) is 47.4 Å². The zero-order chi connectivity index (χ0) is 17.8. The number of nitrogens with zero attached hydrogens (tertiary/aromatic N) is 2. The number of nitrogens with one attached hydrogen (secondary N) is 2. The first-order chi connectivity index (χ1) is 12.0. The van der Waals surface area contributed by atoms with Crippen molar-refractivity contribution < 1.29 is 18.3 Å². The van der Waals surface area contributed by atoms with Crippen LogP contribution in [-0.2, 0) is 4.74 Å². The van der Waals surface area contributed by atoms with Gasteiger partial charge in [-0.3, -0.25) is 4.79 Å². The number of hydrogen-bond donors (Lipinski definition) is 2. The fourth-order valence-corrected chi connectivity index (χ4v) is 2.59. The number of para-hydroxylation sites is 1. The van der Waals surface area contributed by atoms with Crippen LogP contribution >= 0.6 is 0 Å². The van der Waals surface area contributed by atoms with Crippen LogP contribution < -0.4 is 10.6 Å². The normalized spacial score (nSPS) is 16.7. The van der Waals surface area contributed by atoms with Crippen molar-refractivity contribution in [2.45, 2.75) is 25.9 Å². The second-order valence-electron chi connectivity index (χ2n) is 5.75. The SMILES string of the molecule is Cc1nc(NCC2CCCO2)cc(C(=O)Nc2c(F)cccc2F)n1. The number of carbonyl (C=O) groups is 1. The van der Waals surface area contributed by atoms with Crippen LogP contribution in [0.1, 0.15) is 29.2 Å². The molecular weight excluding hydrogens is 330 g/mol. The highest BCUT2D eigenvalue weighted by Crippen LogP contribution is 2.19. The highest BCUT2D eigenvalue weighted by molar-refractivity contribution is 6.03. The summed E-state index contributed by atoms with van der Waals surface area (Å²) in [6, 6.07) is 4.80. The minimum absolute atomic E-state index is 0.0185. The number of ether oxygens (including phenoxy) is 1. The molecule has 2 heterocycles. The van der Waals surface area contributed by atoms with Gasteiger partial charge in [0.25, 0.3) is 5.91 Å². The number of amides is 1. The second kappa shape index (κ2) is 7.52. The Balaban J connectivity index is 1.73. The average molecular weight is 348 g/mol. The number of halogens is 2. The van der Waals surface area contributed by atoms with E-state index < -0.39 is 23.2 Å². The summed E-state index contributed by atoms with van der Waals surface area (Å²) >= 11 is 0. The van der Waals surface area contributed by atoms with Crippen molar-refractivity contribution >= 4 is 17.4 Å². The monoisotopic (exact) mass is 348 g/mol.